The lowest BCUT2D eigenvalue weighted by Crippen LogP contribution is -2.33. The summed E-state index contributed by atoms with van der Waals surface area (Å²) in [5, 5.41) is 2.26. The van der Waals surface area contributed by atoms with Gasteiger partial charge in [0.15, 0.2) is 6.17 Å². The topological polar surface area (TPSA) is 99.5 Å². The predicted octanol–water partition coefficient (Wildman–Crippen LogP) is 1.72. The number of carbonyl (C=O) groups is 2. The zero-order valence-electron chi connectivity index (χ0n) is 13.3. The standard InChI is InChI=1S/C14H18FN3O5/c1-14(2,3)23-13(21)17-8-6-16-10-7(15)5-9(12(20)22-4)18(10)11(8)19/h6-7,9H,5H2,1-4H3,(H,17,21)/t7-,9+/m1/s1. The maximum Gasteiger partial charge on any atom is 0.412 e. The summed E-state index contributed by atoms with van der Waals surface area (Å²) in [5.74, 6) is -0.912. The number of rotatable bonds is 2. The number of hydrogen-bond donors (Lipinski definition) is 1. The Labute approximate surface area is 131 Å². The van der Waals surface area contributed by atoms with Crippen molar-refractivity contribution >= 4 is 17.7 Å². The number of hydrogen-bond acceptors (Lipinski definition) is 6. The molecule has 0 aromatic carbocycles. The zero-order valence-corrected chi connectivity index (χ0v) is 13.3. The number of ether oxygens (including phenoxy) is 2. The van der Waals surface area contributed by atoms with Crippen molar-refractivity contribution in [1.82, 2.24) is 9.55 Å². The van der Waals surface area contributed by atoms with Gasteiger partial charge in [0.05, 0.1) is 13.3 Å². The van der Waals surface area contributed by atoms with E-state index >= 15 is 0 Å². The summed E-state index contributed by atoms with van der Waals surface area (Å²) in [5.41, 5.74) is -1.69. The number of esters is 1. The van der Waals surface area contributed by atoms with E-state index < -0.39 is 35.4 Å². The number of anilines is 1. The Morgan fingerprint density at radius 2 is 2.09 bits per heavy atom. The molecule has 1 N–H and O–H groups in total. The molecule has 0 spiro atoms. The molecule has 2 heterocycles. The van der Waals surface area contributed by atoms with Gasteiger partial charge in [-0.3, -0.25) is 14.7 Å². The molecule has 1 amide bonds. The molecule has 0 radical (unpaired) electrons. The van der Waals surface area contributed by atoms with Crippen LogP contribution in [0.4, 0.5) is 14.9 Å². The Kier molecular flexibility index (Phi) is 4.39. The van der Waals surface area contributed by atoms with Gasteiger partial charge in [-0.25, -0.2) is 19.0 Å². The van der Waals surface area contributed by atoms with Crippen LogP contribution in [0.3, 0.4) is 0 Å². The minimum atomic E-state index is -1.55. The van der Waals surface area contributed by atoms with Gasteiger partial charge in [-0.05, 0) is 20.8 Å². The lowest BCUT2D eigenvalue weighted by atomic mass is 10.2. The summed E-state index contributed by atoms with van der Waals surface area (Å²) in [6, 6.07) is -1.11. The highest BCUT2D eigenvalue weighted by Crippen LogP contribution is 2.35. The number of nitrogens with zero attached hydrogens (tertiary/aromatic N) is 2. The normalized spacial score (nSPS) is 19.9. The number of methoxy groups -OCH3 is 1. The fourth-order valence-electron chi connectivity index (χ4n) is 2.26. The molecule has 23 heavy (non-hydrogen) atoms. The maximum absolute atomic E-state index is 13.9. The Balaban J connectivity index is 2.34. The summed E-state index contributed by atoms with van der Waals surface area (Å²) in [4.78, 5) is 39.7. The zero-order chi connectivity index (χ0) is 17.4. The molecular weight excluding hydrogens is 309 g/mol. The van der Waals surface area contributed by atoms with Crippen LogP contribution in [0.15, 0.2) is 11.0 Å². The van der Waals surface area contributed by atoms with Crippen LogP contribution in [0.25, 0.3) is 0 Å². The van der Waals surface area contributed by atoms with E-state index in [0.29, 0.717) is 0 Å². The molecule has 1 aliphatic heterocycles. The van der Waals surface area contributed by atoms with E-state index in [0.717, 1.165) is 17.9 Å². The number of alkyl halides is 1. The molecule has 126 valence electrons. The van der Waals surface area contributed by atoms with Crippen LogP contribution in [0.1, 0.15) is 45.2 Å². The Bertz CT molecular complexity index is 695. The fourth-order valence-corrected chi connectivity index (χ4v) is 2.26. The van der Waals surface area contributed by atoms with E-state index in [1.165, 1.54) is 0 Å². The van der Waals surface area contributed by atoms with E-state index in [-0.39, 0.29) is 17.9 Å². The van der Waals surface area contributed by atoms with E-state index in [1.54, 1.807) is 20.8 Å². The quantitative estimate of drug-likeness (QED) is 0.830. The van der Waals surface area contributed by atoms with Gasteiger partial charge >= 0.3 is 12.1 Å². The molecule has 1 aliphatic rings. The van der Waals surface area contributed by atoms with Gasteiger partial charge in [0, 0.05) is 6.42 Å². The summed E-state index contributed by atoms with van der Waals surface area (Å²) in [6.07, 6.45) is -1.58. The first-order valence-corrected chi connectivity index (χ1v) is 6.97. The summed E-state index contributed by atoms with van der Waals surface area (Å²) >= 11 is 0. The molecule has 0 bridgehead atoms. The van der Waals surface area contributed by atoms with Crippen molar-refractivity contribution in [2.75, 3.05) is 12.4 Å². The largest absolute Gasteiger partial charge is 0.467 e. The van der Waals surface area contributed by atoms with Crippen molar-refractivity contribution in [1.29, 1.82) is 0 Å². The molecule has 0 unspecified atom stereocenters. The third-order valence-electron chi connectivity index (χ3n) is 3.15. The van der Waals surface area contributed by atoms with Crippen molar-refractivity contribution in [3.63, 3.8) is 0 Å². The number of halogens is 1. The van der Waals surface area contributed by atoms with E-state index in [1.807, 2.05) is 0 Å². The molecule has 2 atom stereocenters. The Hall–Kier alpha value is -2.45. The third-order valence-corrected chi connectivity index (χ3v) is 3.15. The first kappa shape index (κ1) is 16.9. The number of carbonyl (C=O) groups excluding carboxylic acids is 2. The number of fused-ring (bicyclic) bond motifs is 1. The van der Waals surface area contributed by atoms with Crippen molar-refractivity contribution < 1.29 is 23.5 Å². The molecule has 0 fully saturated rings. The van der Waals surface area contributed by atoms with E-state index in [2.05, 4.69) is 15.0 Å². The highest BCUT2D eigenvalue weighted by atomic mass is 19.1. The highest BCUT2D eigenvalue weighted by Gasteiger charge is 2.39. The van der Waals surface area contributed by atoms with Crippen LogP contribution < -0.4 is 10.9 Å². The molecule has 1 aromatic rings. The molecule has 2 rings (SSSR count). The first-order valence-electron chi connectivity index (χ1n) is 6.97. The first-order chi connectivity index (χ1) is 10.6. The summed E-state index contributed by atoms with van der Waals surface area (Å²) in [6.45, 7) is 5.00. The lowest BCUT2D eigenvalue weighted by molar-refractivity contribution is -0.144. The van der Waals surface area contributed by atoms with Gasteiger partial charge in [0.1, 0.15) is 23.2 Å². The molecule has 0 aliphatic carbocycles. The van der Waals surface area contributed by atoms with Crippen LogP contribution in [0.5, 0.6) is 0 Å². The van der Waals surface area contributed by atoms with Crippen LogP contribution in [-0.4, -0.2) is 34.3 Å². The lowest BCUT2D eigenvalue weighted by Gasteiger charge is -2.19. The van der Waals surface area contributed by atoms with Gasteiger partial charge in [0.25, 0.3) is 5.56 Å². The second-order valence-corrected chi connectivity index (χ2v) is 6.07. The van der Waals surface area contributed by atoms with Crippen LogP contribution in [0.2, 0.25) is 0 Å². The molecule has 9 heteroatoms. The second kappa shape index (κ2) is 5.98. The molecule has 1 aromatic heterocycles. The maximum atomic E-state index is 13.9. The van der Waals surface area contributed by atoms with Crippen LogP contribution >= 0.6 is 0 Å². The fraction of sp³-hybridized carbons (Fsp3) is 0.571. The molecule has 0 saturated carbocycles. The van der Waals surface area contributed by atoms with Crippen LogP contribution in [0, 0.1) is 0 Å². The van der Waals surface area contributed by atoms with Crippen molar-refractivity contribution in [2.45, 2.75) is 45.0 Å². The smallest absolute Gasteiger partial charge is 0.412 e. The van der Waals surface area contributed by atoms with Gasteiger partial charge in [-0.15, -0.1) is 0 Å². The van der Waals surface area contributed by atoms with Gasteiger partial charge < -0.3 is 9.47 Å². The van der Waals surface area contributed by atoms with Crippen LogP contribution in [-0.2, 0) is 14.3 Å². The minimum Gasteiger partial charge on any atom is -0.467 e. The van der Waals surface area contributed by atoms with Gasteiger partial charge in [-0.1, -0.05) is 0 Å². The van der Waals surface area contributed by atoms with Gasteiger partial charge in [-0.2, -0.15) is 0 Å². The average molecular weight is 327 g/mol. The van der Waals surface area contributed by atoms with E-state index in [4.69, 9.17) is 4.74 Å². The van der Waals surface area contributed by atoms with Crippen molar-refractivity contribution in [2.24, 2.45) is 0 Å². The third kappa shape index (κ3) is 3.49. The highest BCUT2D eigenvalue weighted by molar-refractivity contribution is 5.84. The van der Waals surface area contributed by atoms with Crippen molar-refractivity contribution in [3.8, 4) is 0 Å². The number of aromatic nitrogens is 2. The van der Waals surface area contributed by atoms with Crippen molar-refractivity contribution in [3.05, 3.63) is 22.4 Å². The summed E-state index contributed by atoms with van der Waals surface area (Å²) < 4.78 is 24.4. The predicted molar refractivity (Wildman–Crippen MR) is 77.9 cm³/mol. The Morgan fingerprint density at radius 3 is 2.65 bits per heavy atom. The number of nitrogens with one attached hydrogen (secondary N) is 1. The minimum absolute atomic E-state index is 0.167. The molecular formula is C14H18FN3O5. The van der Waals surface area contributed by atoms with Gasteiger partial charge in [0.2, 0.25) is 0 Å². The number of amides is 1. The Morgan fingerprint density at radius 1 is 1.43 bits per heavy atom. The molecule has 0 saturated heterocycles. The average Bonchev–Trinajstić information content (AvgIpc) is 2.77. The van der Waals surface area contributed by atoms with E-state index in [9.17, 15) is 18.8 Å². The second-order valence-electron chi connectivity index (χ2n) is 6.07. The molecule has 8 nitrogen and oxygen atoms in total. The SMILES string of the molecule is COC(=O)[C@@H]1C[C@@H](F)c2ncc(NC(=O)OC(C)(C)C)c(=O)n21. The monoisotopic (exact) mass is 327 g/mol. The summed E-state index contributed by atoms with van der Waals surface area (Å²) in [7, 11) is 1.15.